The van der Waals surface area contributed by atoms with E-state index in [-0.39, 0.29) is 11.5 Å². The lowest BCUT2D eigenvalue weighted by atomic mass is 10.2. The highest BCUT2D eigenvalue weighted by Gasteiger charge is 2.36. The van der Waals surface area contributed by atoms with Crippen molar-refractivity contribution in [3.05, 3.63) is 35.3 Å². The van der Waals surface area contributed by atoms with E-state index in [0.29, 0.717) is 10.7 Å². The minimum absolute atomic E-state index is 0.267. The molecule has 0 spiro atoms. The Morgan fingerprint density at radius 1 is 1.29 bits per heavy atom. The van der Waals surface area contributed by atoms with E-state index in [9.17, 15) is 14.8 Å². The molecule has 1 atom stereocenters. The maximum Gasteiger partial charge on any atom is 0.356 e. The van der Waals surface area contributed by atoms with Crippen LogP contribution in [0.25, 0.3) is 0 Å². The SMILES string of the molecule is COP(=O)(OC)C(Nc1nccs1)c1ccc(O)c(O)c1. The number of phenols is 2. The Balaban J connectivity index is 2.44. The Kier molecular flexibility index (Phi) is 4.84. The minimum Gasteiger partial charge on any atom is -0.504 e. The third-order valence-electron chi connectivity index (χ3n) is 2.83. The van der Waals surface area contributed by atoms with Gasteiger partial charge in [-0.05, 0) is 17.7 Å². The summed E-state index contributed by atoms with van der Waals surface area (Å²) in [5.41, 5.74) is 0.438. The van der Waals surface area contributed by atoms with Crippen molar-refractivity contribution in [3.63, 3.8) is 0 Å². The molecule has 0 aliphatic rings. The summed E-state index contributed by atoms with van der Waals surface area (Å²) in [4.78, 5) is 4.07. The van der Waals surface area contributed by atoms with Crippen molar-refractivity contribution in [3.8, 4) is 11.5 Å². The summed E-state index contributed by atoms with van der Waals surface area (Å²) in [5.74, 6) is -1.46. The van der Waals surface area contributed by atoms with E-state index in [2.05, 4.69) is 10.3 Å². The van der Waals surface area contributed by atoms with Crippen LogP contribution in [-0.4, -0.2) is 29.4 Å². The zero-order valence-corrected chi connectivity index (χ0v) is 13.1. The van der Waals surface area contributed by atoms with Gasteiger partial charge in [0.05, 0.1) is 0 Å². The summed E-state index contributed by atoms with van der Waals surface area (Å²) in [5, 5.41) is 24.3. The minimum atomic E-state index is -3.53. The first kappa shape index (κ1) is 15.8. The van der Waals surface area contributed by atoms with Crippen LogP contribution in [0.2, 0.25) is 0 Å². The van der Waals surface area contributed by atoms with Crippen LogP contribution in [0.3, 0.4) is 0 Å². The molecule has 9 heteroatoms. The fourth-order valence-electron chi connectivity index (χ4n) is 1.75. The van der Waals surface area contributed by atoms with Crippen molar-refractivity contribution in [2.75, 3.05) is 19.5 Å². The third kappa shape index (κ3) is 3.36. The zero-order valence-electron chi connectivity index (χ0n) is 11.4. The number of nitrogens with one attached hydrogen (secondary N) is 1. The lowest BCUT2D eigenvalue weighted by molar-refractivity contribution is 0.268. The molecule has 0 saturated heterocycles. The molecule has 21 heavy (non-hydrogen) atoms. The normalized spacial score (nSPS) is 13.0. The first-order valence-electron chi connectivity index (χ1n) is 5.89. The maximum absolute atomic E-state index is 12.7. The second-order valence-corrected chi connectivity index (χ2v) is 7.26. The molecule has 114 valence electrons. The molecular weight excluding hydrogens is 315 g/mol. The number of aromatic nitrogens is 1. The molecule has 0 radical (unpaired) electrons. The number of hydrogen-bond acceptors (Lipinski definition) is 8. The van der Waals surface area contributed by atoms with Crippen LogP contribution in [0, 0.1) is 0 Å². The van der Waals surface area contributed by atoms with Gasteiger partial charge in [0.25, 0.3) is 0 Å². The average molecular weight is 330 g/mol. The predicted molar refractivity (Wildman–Crippen MR) is 79.9 cm³/mol. The van der Waals surface area contributed by atoms with Crippen molar-refractivity contribution >= 4 is 24.1 Å². The van der Waals surface area contributed by atoms with Gasteiger partial charge in [0.15, 0.2) is 22.4 Å². The number of nitrogens with zero attached hydrogens (tertiary/aromatic N) is 1. The fraction of sp³-hybridized carbons (Fsp3) is 0.250. The molecule has 1 heterocycles. The van der Waals surface area contributed by atoms with Crippen LogP contribution >= 0.6 is 18.9 Å². The first-order valence-corrected chi connectivity index (χ1v) is 8.38. The van der Waals surface area contributed by atoms with E-state index < -0.39 is 13.4 Å². The van der Waals surface area contributed by atoms with Crippen LogP contribution in [-0.2, 0) is 13.6 Å². The topological polar surface area (TPSA) is 101 Å². The summed E-state index contributed by atoms with van der Waals surface area (Å²) in [6.07, 6.45) is 1.60. The van der Waals surface area contributed by atoms with Crippen molar-refractivity contribution in [2.45, 2.75) is 5.78 Å². The quantitative estimate of drug-likeness (QED) is 0.552. The number of rotatable bonds is 6. The molecular formula is C12H15N2O5PS. The van der Waals surface area contributed by atoms with Crippen molar-refractivity contribution in [1.82, 2.24) is 4.98 Å². The molecule has 0 aliphatic carbocycles. The van der Waals surface area contributed by atoms with Crippen molar-refractivity contribution in [1.29, 1.82) is 0 Å². The molecule has 1 unspecified atom stereocenters. The van der Waals surface area contributed by atoms with E-state index in [1.165, 1.54) is 43.8 Å². The van der Waals surface area contributed by atoms with Crippen molar-refractivity contribution in [2.24, 2.45) is 0 Å². The highest BCUT2D eigenvalue weighted by Crippen LogP contribution is 2.60. The van der Waals surface area contributed by atoms with E-state index in [0.717, 1.165) is 0 Å². The largest absolute Gasteiger partial charge is 0.504 e. The van der Waals surface area contributed by atoms with Gasteiger partial charge < -0.3 is 24.6 Å². The first-order chi connectivity index (χ1) is 10.00. The summed E-state index contributed by atoms with van der Waals surface area (Å²) in [7, 11) is -0.969. The Morgan fingerprint density at radius 3 is 2.52 bits per heavy atom. The summed E-state index contributed by atoms with van der Waals surface area (Å²) < 4.78 is 22.8. The number of phenolic OH excluding ortho intramolecular Hbond substituents is 2. The summed E-state index contributed by atoms with van der Waals surface area (Å²) in [6, 6.07) is 4.12. The highest BCUT2D eigenvalue weighted by molar-refractivity contribution is 7.54. The van der Waals surface area contributed by atoms with E-state index in [4.69, 9.17) is 9.05 Å². The summed E-state index contributed by atoms with van der Waals surface area (Å²) >= 11 is 1.32. The molecule has 1 aromatic carbocycles. The molecule has 2 aromatic rings. The standard InChI is InChI=1S/C12H15N2O5PS/c1-18-20(17,19-2)11(14-12-13-5-6-21-12)8-3-4-9(15)10(16)7-8/h3-7,11,15-16H,1-2H3,(H,13,14). The van der Waals surface area contributed by atoms with Crippen LogP contribution in [0.1, 0.15) is 11.3 Å². The Bertz CT molecular complexity index is 641. The number of hydrogen-bond donors (Lipinski definition) is 3. The highest BCUT2D eigenvalue weighted by atomic mass is 32.1. The van der Waals surface area contributed by atoms with E-state index in [1.54, 1.807) is 11.6 Å². The van der Waals surface area contributed by atoms with Gasteiger partial charge in [-0.25, -0.2) is 4.98 Å². The molecule has 3 N–H and O–H groups in total. The third-order valence-corrected chi connectivity index (χ3v) is 5.61. The zero-order chi connectivity index (χ0) is 15.5. The van der Waals surface area contributed by atoms with Gasteiger partial charge in [-0.2, -0.15) is 0 Å². The molecule has 1 aromatic heterocycles. The van der Waals surface area contributed by atoms with Crippen LogP contribution in [0.4, 0.5) is 5.13 Å². The van der Waals surface area contributed by atoms with Gasteiger partial charge in [0.2, 0.25) is 0 Å². The van der Waals surface area contributed by atoms with E-state index in [1.807, 2.05) is 0 Å². The van der Waals surface area contributed by atoms with Crippen molar-refractivity contribution < 1.29 is 23.8 Å². The van der Waals surface area contributed by atoms with Gasteiger partial charge in [-0.3, -0.25) is 4.57 Å². The lowest BCUT2D eigenvalue weighted by Crippen LogP contribution is -2.13. The summed E-state index contributed by atoms with van der Waals surface area (Å²) in [6.45, 7) is 0. The second-order valence-electron chi connectivity index (χ2n) is 4.04. The predicted octanol–water partition coefficient (Wildman–Crippen LogP) is 3.15. The smallest absolute Gasteiger partial charge is 0.356 e. The number of benzene rings is 1. The van der Waals surface area contributed by atoms with Crippen LogP contribution in [0.5, 0.6) is 11.5 Å². The number of anilines is 1. The van der Waals surface area contributed by atoms with Gasteiger partial charge >= 0.3 is 7.60 Å². The van der Waals surface area contributed by atoms with Gasteiger partial charge in [0, 0.05) is 25.8 Å². The van der Waals surface area contributed by atoms with E-state index >= 15 is 0 Å². The Labute approximate surface area is 125 Å². The monoisotopic (exact) mass is 330 g/mol. The van der Waals surface area contributed by atoms with Gasteiger partial charge in [-0.1, -0.05) is 6.07 Å². The molecule has 0 fully saturated rings. The number of aromatic hydroxyl groups is 2. The Morgan fingerprint density at radius 2 is 2.00 bits per heavy atom. The molecule has 7 nitrogen and oxygen atoms in total. The fourth-order valence-corrected chi connectivity index (χ4v) is 3.77. The Hall–Kier alpha value is -1.60. The molecule has 0 saturated carbocycles. The van der Waals surface area contributed by atoms with Crippen LogP contribution < -0.4 is 5.32 Å². The maximum atomic E-state index is 12.7. The molecule has 0 bridgehead atoms. The van der Waals surface area contributed by atoms with Crippen LogP contribution in [0.15, 0.2) is 29.8 Å². The number of thiazole rings is 1. The van der Waals surface area contributed by atoms with Gasteiger partial charge in [0.1, 0.15) is 0 Å². The average Bonchev–Trinajstić information content (AvgIpc) is 3.00. The molecule has 0 amide bonds. The molecule has 0 aliphatic heterocycles. The molecule has 2 rings (SSSR count). The lowest BCUT2D eigenvalue weighted by Gasteiger charge is -2.25. The second kappa shape index (κ2) is 6.44. The van der Waals surface area contributed by atoms with Gasteiger partial charge in [-0.15, -0.1) is 11.3 Å².